The third-order valence-corrected chi connectivity index (χ3v) is 7.89. The number of carbonyl (C=O) groups excluding carboxylic acids is 4. The summed E-state index contributed by atoms with van der Waals surface area (Å²) in [6.45, 7) is 4.27. The van der Waals surface area contributed by atoms with E-state index in [4.69, 9.17) is 20.9 Å². The highest BCUT2D eigenvalue weighted by Crippen LogP contribution is 2.41. The second-order valence-electron chi connectivity index (χ2n) is 9.82. The molecule has 0 spiro atoms. The fraction of sp³-hybridized carbons (Fsp3) is 0.375. The van der Waals surface area contributed by atoms with Crippen molar-refractivity contribution in [1.29, 1.82) is 0 Å². The molecule has 0 saturated carbocycles. The molecule has 5 N–H and O–H groups in total. The molecule has 1 saturated heterocycles. The van der Waals surface area contributed by atoms with Crippen LogP contribution in [0.3, 0.4) is 0 Å². The van der Waals surface area contributed by atoms with E-state index in [-0.39, 0.29) is 28.1 Å². The minimum Gasteiger partial charge on any atom is -0.427 e. The lowest BCUT2D eigenvalue weighted by molar-refractivity contribution is -0.173. The van der Waals surface area contributed by atoms with E-state index < -0.39 is 53.4 Å². The van der Waals surface area contributed by atoms with Crippen LogP contribution in [0.4, 0.5) is 10.9 Å². The molecule has 3 atom stereocenters. The summed E-state index contributed by atoms with van der Waals surface area (Å²) in [4.78, 5) is 75.7. The van der Waals surface area contributed by atoms with E-state index in [1.165, 1.54) is 34.6 Å². The molecule has 4 heterocycles. The zero-order chi connectivity index (χ0) is 29.9. The van der Waals surface area contributed by atoms with Crippen LogP contribution in [-0.4, -0.2) is 67.6 Å². The Labute approximate surface area is 241 Å². The van der Waals surface area contributed by atoms with Crippen LogP contribution >= 0.6 is 23.1 Å². The lowest BCUT2D eigenvalue weighted by Gasteiger charge is -2.49. The van der Waals surface area contributed by atoms with Gasteiger partial charge in [-0.2, -0.15) is 0 Å². The van der Waals surface area contributed by atoms with Crippen molar-refractivity contribution in [2.75, 3.05) is 24.0 Å². The Morgan fingerprint density at radius 1 is 1.27 bits per heavy atom. The van der Waals surface area contributed by atoms with Crippen molar-refractivity contribution >= 4 is 63.9 Å². The molecule has 15 nitrogen and oxygen atoms in total. The first-order valence-electron chi connectivity index (χ1n) is 12.0. The van der Waals surface area contributed by atoms with Crippen LogP contribution in [0.25, 0.3) is 6.08 Å². The van der Waals surface area contributed by atoms with Crippen LogP contribution in [-0.2, 0) is 28.7 Å². The summed E-state index contributed by atoms with van der Waals surface area (Å²) in [6, 6.07) is -2.56. The maximum atomic E-state index is 13.2. The highest BCUT2D eigenvalue weighted by atomic mass is 32.2. The van der Waals surface area contributed by atoms with Crippen LogP contribution in [0.2, 0.25) is 0 Å². The molecule has 2 aromatic heterocycles. The first-order chi connectivity index (χ1) is 19.4. The number of hydrogen-bond acceptors (Lipinski definition) is 15. The Hall–Kier alpha value is -4.38. The maximum Gasteiger partial charge on any atom is 0.358 e. The van der Waals surface area contributed by atoms with Crippen molar-refractivity contribution in [2.24, 2.45) is 10.6 Å². The van der Waals surface area contributed by atoms with Gasteiger partial charge in [0, 0.05) is 22.9 Å². The third kappa shape index (κ3) is 6.35. The molecule has 2 amide bonds. The second-order valence-corrected chi connectivity index (χ2v) is 11.8. The number of esters is 2. The van der Waals surface area contributed by atoms with Gasteiger partial charge in [0.15, 0.2) is 5.13 Å². The van der Waals surface area contributed by atoms with Gasteiger partial charge in [0.05, 0.1) is 11.1 Å². The maximum absolute atomic E-state index is 13.2. The standard InChI is InChI=1S/C24H26N8O7S2/c1-24(2,3)22(36)39-10-38-21(35)16-12(5-4-11-6-27-9-28-17(11)25)7-40-20-15(19(34)32(16)20)30-18(33)14(31-37)13-8-41-23(26)29-13/h4-6,8-9,14-15,20H,7,10H2,1-3H3,(H2,26,29)(H,30,33)(H2,25,27,28)/t14?,15-,20+/m1/s1. The van der Waals surface area contributed by atoms with Gasteiger partial charge in [-0.1, -0.05) is 6.08 Å². The van der Waals surface area contributed by atoms with Gasteiger partial charge in [-0.3, -0.25) is 19.3 Å². The molecule has 0 bridgehead atoms. The molecule has 1 unspecified atom stereocenters. The van der Waals surface area contributed by atoms with Crippen LogP contribution in [0.5, 0.6) is 0 Å². The third-order valence-electron chi connectivity index (χ3n) is 5.89. The highest BCUT2D eigenvalue weighted by molar-refractivity contribution is 8.00. The fourth-order valence-electron chi connectivity index (χ4n) is 3.74. The summed E-state index contributed by atoms with van der Waals surface area (Å²) < 4.78 is 10.2. The Morgan fingerprint density at radius 3 is 2.66 bits per heavy atom. The number of nitrogen functional groups attached to an aromatic ring is 2. The zero-order valence-electron chi connectivity index (χ0n) is 22.1. The molecule has 216 valence electrons. The first kappa shape index (κ1) is 29.6. The molecule has 2 aliphatic heterocycles. The predicted molar refractivity (Wildman–Crippen MR) is 149 cm³/mol. The Morgan fingerprint density at radius 2 is 2.02 bits per heavy atom. The number of fused-ring (bicyclic) bond motifs is 1. The van der Waals surface area contributed by atoms with Gasteiger partial charge in [-0.15, -0.1) is 28.0 Å². The fourth-order valence-corrected chi connectivity index (χ4v) is 5.64. The number of thiazole rings is 1. The smallest absolute Gasteiger partial charge is 0.358 e. The predicted octanol–water partition coefficient (Wildman–Crippen LogP) is 1.36. The Balaban J connectivity index is 1.55. The molecule has 0 aromatic carbocycles. The van der Waals surface area contributed by atoms with Gasteiger partial charge in [-0.25, -0.2) is 19.7 Å². The van der Waals surface area contributed by atoms with Crippen LogP contribution < -0.4 is 16.8 Å². The summed E-state index contributed by atoms with van der Waals surface area (Å²) in [6.07, 6.45) is 5.93. The number of β-lactam (4-membered cyclic amide) rings is 1. The minimum absolute atomic E-state index is 0.0606. The molecule has 2 aliphatic rings. The van der Waals surface area contributed by atoms with E-state index in [2.05, 4.69) is 25.4 Å². The number of amides is 2. The van der Waals surface area contributed by atoms with E-state index >= 15 is 0 Å². The number of rotatable bonds is 9. The number of allylic oxidation sites excluding steroid dienone is 1. The number of anilines is 2. The number of nitrogens with two attached hydrogens (primary N) is 2. The van der Waals surface area contributed by atoms with Crippen LogP contribution in [0, 0.1) is 10.3 Å². The van der Waals surface area contributed by atoms with Crippen molar-refractivity contribution in [2.45, 2.75) is 38.2 Å². The van der Waals surface area contributed by atoms with Gasteiger partial charge in [0.2, 0.25) is 12.8 Å². The van der Waals surface area contributed by atoms with Gasteiger partial charge >= 0.3 is 11.9 Å². The first-order valence-corrected chi connectivity index (χ1v) is 13.9. The highest BCUT2D eigenvalue weighted by Gasteiger charge is 2.54. The van der Waals surface area contributed by atoms with E-state index in [1.54, 1.807) is 32.9 Å². The second kappa shape index (κ2) is 12.0. The van der Waals surface area contributed by atoms with Crippen molar-refractivity contribution in [1.82, 2.24) is 25.2 Å². The van der Waals surface area contributed by atoms with E-state index in [0.717, 1.165) is 11.3 Å². The molecule has 0 aliphatic carbocycles. The molecule has 0 radical (unpaired) electrons. The summed E-state index contributed by atoms with van der Waals surface area (Å²) >= 11 is 2.31. The molecule has 4 rings (SSSR count). The largest absolute Gasteiger partial charge is 0.427 e. The van der Waals surface area contributed by atoms with Crippen molar-refractivity contribution in [3.63, 3.8) is 0 Å². The Kier molecular flexibility index (Phi) is 8.67. The van der Waals surface area contributed by atoms with E-state index in [9.17, 15) is 24.1 Å². The normalized spacial score (nSPS) is 19.3. The molecular formula is C24H26N8O7S2. The summed E-state index contributed by atoms with van der Waals surface area (Å²) in [5.74, 6) is -2.52. The zero-order valence-corrected chi connectivity index (χ0v) is 23.7. The molecular weight excluding hydrogens is 576 g/mol. The van der Waals surface area contributed by atoms with Gasteiger partial charge in [-0.05, 0) is 37.6 Å². The summed E-state index contributed by atoms with van der Waals surface area (Å²) in [5, 5.41) is 6.24. The summed E-state index contributed by atoms with van der Waals surface area (Å²) in [5.41, 5.74) is 11.5. The summed E-state index contributed by atoms with van der Waals surface area (Å²) in [7, 11) is 0. The molecule has 17 heteroatoms. The topological polar surface area (TPSA) is 222 Å². The van der Waals surface area contributed by atoms with Crippen molar-refractivity contribution < 1.29 is 28.7 Å². The Bertz CT molecular complexity index is 1450. The van der Waals surface area contributed by atoms with Gasteiger partial charge in [0.25, 0.3) is 11.8 Å². The number of nitroso groups, excluding NO2 is 1. The van der Waals surface area contributed by atoms with Gasteiger partial charge in [0.1, 0.15) is 29.3 Å². The number of nitrogens with zero attached hydrogens (tertiary/aromatic N) is 5. The molecule has 2 aromatic rings. The van der Waals surface area contributed by atoms with Crippen molar-refractivity contribution in [3.05, 3.63) is 51.4 Å². The molecule has 1 fully saturated rings. The molecule has 41 heavy (non-hydrogen) atoms. The number of ether oxygens (including phenoxy) is 2. The number of nitrogens with one attached hydrogen (secondary N) is 1. The van der Waals surface area contributed by atoms with E-state index in [1.807, 2.05) is 0 Å². The van der Waals surface area contributed by atoms with E-state index in [0.29, 0.717) is 11.1 Å². The van der Waals surface area contributed by atoms with Crippen LogP contribution in [0.15, 0.2) is 40.4 Å². The monoisotopic (exact) mass is 602 g/mol. The average molecular weight is 603 g/mol. The number of carbonyl (C=O) groups is 4. The number of thioether (sulfide) groups is 1. The van der Waals surface area contributed by atoms with Crippen molar-refractivity contribution in [3.8, 4) is 0 Å². The quantitative estimate of drug-likeness (QED) is 0.160. The number of aromatic nitrogens is 3. The lowest BCUT2D eigenvalue weighted by atomic mass is 9.98. The average Bonchev–Trinajstić information content (AvgIpc) is 3.35. The minimum atomic E-state index is -1.51. The lowest BCUT2D eigenvalue weighted by Crippen LogP contribution is -2.70. The SMILES string of the molecule is CC(C)(C)C(=O)OCOC(=O)C1=C(C=Cc2cncnc2N)CS[C@H]2[C@H](NC(=O)C(N=O)c3csc(N)n3)C(=O)N12. The van der Waals surface area contributed by atoms with Gasteiger partial charge < -0.3 is 26.3 Å². The number of hydrogen-bond donors (Lipinski definition) is 3. The van der Waals surface area contributed by atoms with Crippen LogP contribution in [0.1, 0.15) is 38.1 Å².